The molecule has 0 aromatic heterocycles. The number of hydrogen-bond acceptors (Lipinski definition) is 5. The van der Waals surface area contributed by atoms with Crippen LogP contribution in [-0.4, -0.2) is 34.6 Å². The molecular weight excluding hydrogens is 392 g/mol. The lowest BCUT2D eigenvalue weighted by Gasteiger charge is -2.16. The van der Waals surface area contributed by atoms with Crippen molar-refractivity contribution in [1.29, 1.82) is 0 Å². The molecule has 0 aliphatic carbocycles. The molecule has 0 spiro atoms. The number of aryl methyl sites for hydroxylation is 1. The number of carbonyl (C=O) groups is 1. The Labute approximate surface area is 163 Å². The normalized spacial score (nSPS) is 12.3. The van der Waals surface area contributed by atoms with Crippen molar-refractivity contribution in [1.82, 2.24) is 4.72 Å². The lowest BCUT2D eigenvalue weighted by Crippen LogP contribution is -2.41. The van der Waals surface area contributed by atoms with Gasteiger partial charge in [0.25, 0.3) is 0 Å². The minimum atomic E-state index is -3.95. The number of sulfonamides is 1. The van der Waals surface area contributed by atoms with Gasteiger partial charge in [-0.25, -0.2) is 8.42 Å². The Morgan fingerprint density at radius 3 is 2.37 bits per heavy atom. The molecule has 2 rings (SSSR count). The van der Waals surface area contributed by atoms with Crippen LogP contribution in [0.25, 0.3) is 0 Å². The van der Waals surface area contributed by atoms with E-state index in [-0.39, 0.29) is 10.6 Å². The molecule has 0 unspecified atom stereocenters. The maximum atomic E-state index is 12.6. The van der Waals surface area contributed by atoms with Gasteiger partial charge in [-0.3, -0.25) is 4.79 Å². The van der Waals surface area contributed by atoms with Crippen LogP contribution in [0.3, 0.4) is 0 Å². The van der Waals surface area contributed by atoms with E-state index in [0.29, 0.717) is 16.5 Å². The molecule has 7 nitrogen and oxygen atoms in total. The molecule has 0 saturated heterocycles. The van der Waals surface area contributed by atoms with E-state index in [1.807, 2.05) is 6.92 Å². The largest absolute Gasteiger partial charge is 0.493 e. The predicted molar refractivity (Wildman–Crippen MR) is 104 cm³/mol. The highest BCUT2D eigenvalue weighted by atomic mass is 35.5. The van der Waals surface area contributed by atoms with Gasteiger partial charge in [0, 0.05) is 16.8 Å². The van der Waals surface area contributed by atoms with E-state index in [9.17, 15) is 13.2 Å². The summed E-state index contributed by atoms with van der Waals surface area (Å²) < 4.78 is 37.7. The fraction of sp³-hybridized carbons (Fsp3) is 0.278. The number of hydrogen-bond donors (Lipinski definition) is 2. The molecule has 0 saturated carbocycles. The summed E-state index contributed by atoms with van der Waals surface area (Å²) in [6.07, 6.45) is 0. The Morgan fingerprint density at radius 1 is 1.07 bits per heavy atom. The van der Waals surface area contributed by atoms with Crippen LogP contribution in [0.1, 0.15) is 12.5 Å². The van der Waals surface area contributed by atoms with Crippen molar-refractivity contribution in [2.75, 3.05) is 19.5 Å². The van der Waals surface area contributed by atoms with Crippen LogP contribution in [0.15, 0.2) is 41.3 Å². The first-order chi connectivity index (χ1) is 12.7. The number of benzene rings is 2. The molecule has 0 bridgehead atoms. The minimum absolute atomic E-state index is 0.0428. The van der Waals surface area contributed by atoms with Crippen molar-refractivity contribution in [2.45, 2.75) is 24.8 Å². The quantitative estimate of drug-likeness (QED) is 0.729. The van der Waals surface area contributed by atoms with E-state index < -0.39 is 22.0 Å². The summed E-state index contributed by atoms with van der Waals surface area (Å²) in [5, 5.41) is 3.14. The second-order valence-electron chi connectivity index (χ2n) is 5.81. The third kappa shape index (κ3) is 5.12. The topological polar surface area (TPSA) is 93.7 Å². The number of methoxy groups -OCH3 is 2. The van der Waals surface area contributed by atoms with Gasteiger partial charge >= 0.3 is 0 Å². The lowest BCUT2D eigenvalue weighted by molar-refractivity contribution is -0.117. The standard InChI is InChI=1S/C18H21ClN2O5S/c1-11-5-6-13(19)9-15(11)20-18(22)12(2)21-27(23,24)14-7-8-16(25-3)17(10-14)26-4/h5-10,12,21H,1-4H3,(H,20,22)/t12-/m1/s1. The zero-order valence-electron chi connectivity index (χ0n) is 15.4. The van der Waals surface area contributed by atoms with Gasteiger partial charge in [0.1, 0.15) is 0 Å². The molecule has 2 aromatic rings. The molecular formula is C18H21ClN2O5S. The first kappa shape index (κ1) is 21.0. The van der Waals surface area contributed by atoms with Crippen LogP contribution < -0.4 is 19.5 Å². The van der Waals surface area contributed by atoms with Crippen LogP contribution in [0.5, 0.6) is 11.5 Å². The number of anilines is 1. The molecule has 0 aliphatic heterocycles. The molecule has 2 aromatic carbocycles. The Bertz CT molecular complexity index is 947. The van der Waals surface area contributed by atoms with Crippen molar-refractivity contribution < 1.29 is 22.7 Å². The van der Waals surface area contributed by atoms with Gasteiger partial charge in [-0.15, -0.1) is 0 Å². The average Bonchev–Trinajstić information content (AvgIpc) is 2.63. The van der Waals surface area contributed by atoms with Gasteiger partial charge in [-0.2, -0.15) is 4.72 Å². The third-order valence-electron chi connectivity index (χ3n) is 3.85. The van der Waals surface area contributed by atoms with Crippen molar-refractivity contribution in [3.63, 3.8) is 0 Å². The van der Waals surface area contributed by atoms with Gasteiger partial charge in [-0.05, 0) is 43.7 Å². The van der Waals surface area contributed by atoms with E-state index >= 15 is 0 Å². The number of nitrogens with one attached hydrogen (secondary N) is 2. The van der Waals surface area contributed by atoms with E-state index in [2.05, 4.69) is 10.0 Å². The molecule has 2 N–H and O–H groups in total. The van der Waals surface area contributed by atoms with Crippen molar-refractivity contribution >= 4 is 33.2 Å². The van der Waals surface area contributed by atoms with Gasteiger partial charge in [-0.1, -0.05) is 17.7 Å². The highest BCUT2D eigenvalue weighted by Crippen LogP contribution is 2.29. The third-order valence-corrected chi connectivity index (χ3v) is 5.62. The summed E-state index contributed by atoms with van der Waals surface area (Å²) in [5.41, 5.74) is 1.33. The summed E-state index contributed by atoms with van der Waals surface area (Å²) in [6.45, 7) is 3.26. The number of halogens is 1. The second-order valence-corrected chi connectivity index (χ2v) is 7.96. The summed E-state index contributed by atoms with van der Waals surface area (Å²) in [6, 6.07) is 8.23. The Morgan fingerprint density at radius 2 is 1.74 bits per heavy atom. The van der Waals surface area contributed by atoms with E-state index in [4.69, 9.17) is 21.1 Å². The summed E-state index contributed by atoms with van der Waals surface area (Å²) in [5.74, 6) is 0.162. The first-order valence-corrected chi connectivity index (χ1v) is 9.85. The fourth-order valence-corrected chi connectivity index (χ4v) is 3.70. The van der Waals surface area contributed by atoms with Crippen LogP contribution in [-0.2, 0) is 14.8 Å². The van der Waals surface area contributed by atoms with Crippen LogP contribution in [0, 0.1) is 6.92 Å². The second kappa shape index (κ2) is 8.60. The fourth-order valence-electron chi connectivity index (χ4n) is 2.31. The molecule has 0 fully saturated rings. The number of amides is 1. The van der Waals surface area contributed by atoms with Crippen LogP contribution in [0.4, 0.5) is 5.69 Å². The van der Waals surface area contributed by atoms with Crippen molar-refractivity contribution in [3.05, 3.63) is 47.0 Å². The number of rotatable bonds is 7. The zero-order valence-corrected chi connectivity index (χ0v) is 16.9. The number of carbonyl (C=O) groups excluding carboxylic acids is 1. The maximum absolute atomic E-state index is 12.6. The average molecular weight is 413 g/mol. The van der Waals surface area contributed by atoms with Gasteiger partial charge in [0.15, 0.2) is 11.5 Å². The Hall–Kier alpha value is -2.29. The van der Waals surface area contributed by atoms with Gasteiger partial charge < -0.3 is 14.8 Å². The Balaban J connectivity index is 2.17. The molecule has 9 heteroatoms. The summed E-state index contributed by atoms with van der Waals surface area (Å²) in [4.78, 5) is 12.3. The highest BCUT2D eigenvalue weighted by molar-refractivity contribution is 7.89. The smallest absolute Gasteiger partial charge is 0.242 e. The lowest BCUT2D eigenvalue weighted by atomic mass is 10.2. The monoisotopic (exact) mass is 412 g/mol. The molecule has 0 radical (unpaired) electrons. The van der Waals surface area contributed by atoms with Crippen molar-refractivity contribution in [2.24, 2.45) is 0 Å². The van der Waals surface area contributed by atoms with E-state index in [1.54, 1.807) is 18.2 Å². The minimum Gasteiger partial charge on any atom is -0.493 e. The molecule has 1 amide bonds. The van der Waals surface area contributed by atoms with Gasteiger partial charge in [0.2, 0.25) is 15.9 Å². The van der Waals surface area contributed by atoms with E-state index in [1.165, 1.54) is 39.3 Å². The zero-order chi connectivity index (χ0) is 20.2. The molecule has 1 atom stereocenters. The number of ether oxygens (including phenoxy) is 2. The molecule has 27 heavy (non-hydrogen) atoms. The summed E-state index contributed by atoms with van der Waals surface area (Å²) >= 11 is 5.93. The molecule has 146 valence electrons. The van der Waals surface area contributed by atoms with Crippen LogP contribution in [0.2, 0.25) is 5.02 Å². The SMILES string of the molecule is COc1ccc(S(=O)(=O)N[C@H](C)C(=O)Nc2cc(Cl)ccc2C)cc1OC. The van der Waals surface area contributed by atoms with Crippen LogP contribution >= 0.6 is 11.6 Å². The highest BCUT2D eigenvalue weighted by Gasteiger charge is 2.23. The molecule has 0 aliphatic rings. The first-order valence-electron chi connectivity index (χ1n) is 7.99. The Kier molecular flexibility index (Phi) is 6.69. The maximum Gasteiger partial charge on any atom is 0.242 e. The molecule has 0 heterocycles. The van der Waals surface area contributed by atoms with E-state index in [0.717, 1.165) is 5.56 Å². The summed E-state index contributed by atoms with van der Waals surface area (Å²) in [7, 11) is -1.08. The predicted octanol–water partition coefficient (Wildman–Crippen LogP) is 2.97. The van der Waals surface area contributed by atoms with Gasteiger partial charge in [0.05, 0.1) is 25.2 Å². The van der Waals surface area contributed by atoms with Crippen molar-refractivity contribution in [3.8, 4) is 11.5 Å².